The quantitative estimate of drug-likeness (QED) is 0.386. The van der Waals surface area contributed by atoms with Crippen molar-refractivity contribution in [3.63, 3.8) is 0 Å². The molecule has 6 heteroatoms. The Kier molecular flexibility index (Phi) is 4.75. The predicted octanol–water partition coefficient (Wildman–Crippen LogP) is 2.23. The van der Waals surface area contributed by atoms with E-state index in [1.54, 1.807) is 0 Å². The number of oxime groups is 1. The third-order valence-corrected chi connectivity index (χ3v) is 4.83. The first-order chi connectivity index (χ1) is 9.99. The van der Waals surface area contributed by atoms with Gasteiger partial charge in [-0.05, 0) is 38.5 Å². The first kappa shape index (κ1) is 15.7. The SMILES string of the molecule is CCC1CCC(N(C)c2c(C(N)=NO)c(C)nn2C)CC1. The van der Waals surface area contributed by atoms with Crippen molar-refractivity contribution >= 4 is 11.7 Å². The van der Waals surface area contributed by atoms with Gasteiger partial charge in [-0.3, -0.25) is 4.68 Å². The van der Waals surface area contributed by atoms with Gasteiger partial charge in [-0.15, -0.1) is 0 Å². The Morgan fingerprint density at radius 2 is 2.05 bits per heavy atom. The Morgan fingerprint density at radius 1 is 1.43 bits per heavy atom. The van der Waals surface area contributed by atoms with Crippen LogP contribution >= 0.6 is 0 Å². The van der Waals surface area contributed by atoms with E-state index in [9.17, 15) is 0 Å². The first-order valence-corrected chi connectivity index (χ1v) is 7.73. The molecule has 0 aromatic carbocycles. The summed E-state index contributed by atoms with van der Waals surface area (Å²) >= 11 is 0. The van der Waals surface area contributed by atoms with E-state index in [1.807, 2.05) is 18.7 Å². The molecule has 3 N–H and O–H groups in total. The van der Waals surface area contributed by atoms with Crippen molar-refractivity contribution < 1.29 is 5.21 Å². The Morgan fingerprint density at radius 3 is 2.57 bits per heavy atom. The highest BCUT2D eigenvalue weighted by atomic mass is 16.4. The molecule has 1 fully saturated rings. The average Bonchev–Trinajstić information content (AvgIpc) is 2.80. The van der Waals surface area contributed by atoms with Crippen LogP contribution in [0.1, 0.15) is 50.3 Å². The molecule has 1 aromatic rings. The van der Waals surface area contributed by atoms with Gasteiger partial charge < -0.3 is 15.8 Å². The van der Waals surface area contributed by atoms with Gasteiger partial charge in [0.2, 0.25) is 0 Å². The van der Waals surface area contributed by atoms with Gasteiger partial charge >= 0.3 is 0 Å². The van der Waals surface area contributed by atoms with Gasteiger partial charge in [-0.2, -0.15) is 5.10 Å². The Hall–Kier alpha value is -1.72. The van der Waals surface area contributed by atoms with Crippen molar-refractivity contribution in [3.8, 4) is 0 Å². The number of hydrogen-bond acceptors (Lipinski definition) is 4. The largest absolute Gasteiger partial charge is 0.409 e. The molecule has 2 rings (SSSR count). The number of nitrogens with two attached hydrogens (primary N) is 1. The molecule has 0 amide bonds. The van der Waals surface area contributed by atoms with Gasteiger partial charge in [0.25, 0.3) is 0 Å². The highest BCUT2D eigenvalue weighted by Gasteiger charge is 2.28. The fourth-order valence-corrected chi connectivity index (χ4v) is 3.51. The highest BCUT2D eigenvalue weighted by Crippen LogP contribution is 2.32. The van der Waals surface area contributed by atoms with Crippen LogP contribution in [-0.2, 0) is 7.05 Å². The van der Waals surface area contributed by atoms with Gasteiger partial charge in [0.05, 0.1) is 11.3 Å². The van der Waals surface area contributed by atoms with Gasteiger partial charge in [0.15, 0.2) is 5.84 Å². The van der Waals surface area contributed by atoms with Crippen LogP contribution in [0.5, 0.6) is 0 Å². The summed E-state index contributed by atoms with van der Waals surface area (Å²) in [5.74, 6) is 1.93. The zero-order valence-corrected chi connectivity index (χ0v) is 13.5. The lowest BCUT2D eigenvalue weighted by Gasteiger charge is -2.36. The number of hydrogen-bond donors (Lipinski definition) is 2. The molecule has 21 heavy (non-hydrogen) atoms. The van der Waals surface area contributed by atoms with Crippen LogP contribution in [0.15, 0.2) is 5.16 Å². The van der Waals surface area contributed by atoms with Crippen LogP contribution in [0.3, 0.4) is 0 Å². The van der Waals surface area contributed by atoms with Crippen molar-refractivity contribution in [2.24, 2.45) is 23.9 Å². The van der Waals surface area contributed by atoms with E-state index in [4.69, 9.17) is 10.9 Å². The summed E-state index contributed by atoms with van der Waals surface area (Å²) in [5.41, 5.74) is 7.37. The van der Waals surface area contributed by atoms with E-state index in [1.165, 1.54) is 32.1 Å². The molecular formula is C15H27N5O. The van der Waals surface area contributed by atoms with Crippen molar-refractivity contribution in [3.05, 3.63) is 11.3 Å². The number of aryl methyl sites for hydroxylation is 2. The van der Waals surface area contributed by atoms with E-state index < -0.39 is 0 Å². The van der Waals surface area contributed by atoms with Crippen LogP contribution in [0.4, 0.5) is 5.82 Å². The summed E-state index contributed by atoms with van der Waals surface area (Å²) in [5, 5.41) is 16.6. The zero-order valence-electron chi connectivity index (χ0n) is 13.5. The summed E-state index contributed by atoms with van der Waals surface area (Å²) in [6.07, 6.45) is 6.21. The molecule has 6 nitrogen and oxygen atoms in total. The number of amidine groups is 1. The topological polar surface area (TPSA) is 79.7 Å². The number of anilines is 1. The maximum Gasteiger partial charge on any atom is 0.175 e. The second-order valence-corrected chi connectivity index (χ2v) is 6.09. The van der Waals surface area contributed by atoms with Crippen molar-refractivity contribution in [1.82, 2.24) is 9.78 Å². The molecule has 0 bridgehead atoms. The predicted molar refractivity (Wildman–Crippen MR) is 84.9 cm³/mol. The average molecular weight is 293 g/mol. The standard InChI is InChI=1S/C15H27N5O/c1-5-11-6-8-12(9-7-11)19(3)15-13(14(16)18-21)10(2)17-20(15)4/h11-12,21H,5-9H2,1-4H3,(H2,16,18). The normalized spacial score (nSPS) is 23.3. The molecule has 1 aromatic heterocycles. The molecular weight excluding hydrogens is 266 g/mol. The zero-order chi connectivity index (χ0) is 15.6. The maximum atomic E-state index is 9.01. The molecule has 118 valence electrons. The van der Waals surface area contributed by atoms with E-state index in [2.05, 4.69) is 29.1 Å². The Labute approximate surface area is 126 Å². The summed E-state index contributed by atoms with van der Waals surface area (Å²) < 4.78 is 1.83. The number of nitrogens with zero attached hydrogens (tertiary/aromatic N) is 4. The molecule has 1 aliphatic carbocycles. The molecule has 0 unspecified atom stereocenters. The number of aromatic nitrogens is 2. The van der Waals surface area contributed by atoms with E-state index in [-0.39, 0.29) is 5.84 Å². The van der Waals surface area contributed by atoms with Crippen LogP contribution in [0.25, 0.3) is 0 Å². The minimum atomic E-state index is 0.129. The van der Waals surface area contributed by atoms with E-state index >= 15 is 0 Å². The fourth-order valence-electron chi connectivity index (χ4n) is 3.51. The van der Waals surface area contributed by atoms with Crippen LogP contribution in [0, 0.1) is 12.8 Å². The fraction of sp³-hybridized carbons (Fsp3) is 0.733. The van der Waals surface area contributed by atoms with Gasteiger partial charge in [0, 0.05) is 20.1 Å². The van der Waals surface area contributed by atoms with E-state index in [0.717, 1.165) is 23.0 Å². The lowest BCUT2D eigenvalue weighted by molar-refractivity contribution is 0.311. The Balaban J connectivity index is 2.25. The van der Waals surface area contributed by atoms with Crippen molar-refractivity contribution in [2.75, 3.05) is 11.9 Å². The minimum absolute atomic E-state index is 0.129. The third kappa shape index (κ3) is 2.99. The molecule has 0 atom stereocenters. The summed E-state index contributed by atoms with van der Waals surface area (Å²) in [6, 6.07) is 0.493. The summed E-state index contributed by atoms with van der Waals surface area (Å²) in [7, 11) is 3.99. The van der Waals surface area contributed by atoms with Gasteiger partial charge in [-0.25, -0.2) is 0 Å². The molecule has 0 aliphatic heterocycles. The van der Waals surface area contributed by atoms with Crippen molar-refractivity contribution in [1.29, 1.82) is 0 Å². The highest BCUT2D eigenvalue weighted by molar-refractivity contribution is 6.02. The van der Waals surface area contributed by atoms with Crippen LogP contribution in [-0.4, -0.2) is 33.9 Å². The van der Waals surface area contributed by atoms with Crippen LogP contribution in [0.2, 0.25) is 0 Å². The monoisotopic (exact) mass is 293 g/mol. The lowest BCUT2D eigenvalue weighted by atomic mass is 9.84. The molecule has 1 aliphatic rings. The summed E-state index contributed by atoms with van der Waals surface area (Å²) in [4.78, 5) is 2.25. The number of rotatable bonds is 4. The lowest BCUT2D eigenvalue weighted by Crippen LogP contribution is -2.37. The second-order valence-electron chi connectivity index (χ2n) is 6.09. The molecule has 0 spiro atoms. The molecule has 1 saturated carbocycles. The Bertz CT molecular complexity index is 514. The van der Waals surface area contributed by atoms with Gasteiger partial charge in [-0.1, -0.05) is 18.5 Å². The van der Waals surface area contributed by atoms with Gasteiger partial charge in [0.1, 0.15) is 5.82 Å². The first-order valence-electron chi connectivity index (χ1n) is 7.73. The van der Waals surface area contributed by atoms with Crippen molar-refractivity contribution in [2.45, 2.75) is 52.0 Å². The smallest absolute Gasteiger partial charge is 0.175 e. The maximum absolute atomic E-state index is 9.01. The van der Waals surface area contributed by atoms with Crippen LogP contribution < -0.4 is 10.6 Å². The van der Waals surface area contributed by atoms with E-state index in [0.29, 0.717) is 6.04 Å². The molecule has 0 saturated heterocycles. The minimum Gasteiger partial charge on any atom is -0.409 e. The molecule has 1 heterocycles. The molecule has 0 radical (unpaired) electrons. The third-order valence-electron chi connectivity index (χ3n) is 4.83. The summed E-state index contributed by atoms with van der Waals surface area (Å²) in [6.45, 7) is 4.16. The second kappa shape index (κ2) is 6.37.